The Morgan fingerprint density at radius 1 is 0.545 bits per heavy atom. The summed E-state index contributed by atoms with van der Waals surface area (Å²) in [6, 6.07) is 26.3. The molecule has 2 heteroatoms. The quantitative estimate of drug-likeness (QED) is 0.351. The van der Waals surface area contributed by atoms with E-state index in [4.69, 9.17) is 0 Å². The zero-order valence-corrected chi connectivity index (χ0v) is 15.0. The molecule has 2 aliphatic rings. The summed E-state index contributed by atoms with van der Waals surface area (Å²) in [5.74, 6) is 0. The lowest BCUT2D eigenvalue weighted by atomic mass is 9.94. The van der Waals surface area contributed by atoms with Crippen LogP contribution in [0, 0.1) is 0 Å². The van der Waals surface area contributed by atoms with Gasteiger partial charge in [0.1, 0.15) is 0 Å². The lowest BCUT2D eigenvalue weighted by Crippen LogP contribution is -1.99. The molecule has 22 heavy (non-hydrogen) atoms. The second kappa shape index (κ2) is 5.68. The molecule has 4 bridgehead atoms. The van der Waals surface area contributed by atoms with E-state index in [2.05, 4.69) is 105 Å². The zero-order chi connectivity index (χ0) is 15.1. The average Bonchev–Trinajstić information content (AvgIpc) is 2.61. The van der Waals surface area contributed by atoms with Crippen molar-refractivity contribution in [2.45, 2.75) is 9.65 Å². The number of hydrogen-bond acceptors (Lipinski definition) is 0. The Kier molecular flexibility index (Phi) is 3.67. The second-order valence-corrected chi connectivity index (χ2v) is 7.57. The highest BCUT2D eigenvalue weighted by molar-refractivity contribution is 9.12. The zero-order valence-electron chi connectivity index (χ0n) is 11.8. The van der Waals surface area contributed by atoms with Crippen molar-refractivity contribution >= 4 is 31.9 Å². The van der Waals surface area contributed by atoms with Gasteiger partial charge in [0.2, 0.25) is 0 Å². The summed E-state index contributed by atoms with van der Waals surface area (Å²) < 4.78 is 0. The van der Waals surface area contributed by atoms with Crippen LogP contribution in [0.5, 0.6) is 0 Å². The minimum Gasteiger partial charge on any atom is -0.0823 e. The molecule has 0 unspecified atom stereocenters. The van der Waals surface area contributed by atoms with Crippen LogP contribution in [-0.4, -0.2) is 0 Å². The summed E-state index contributed by atoms with van der Waals surface area (Å²) in [5.41, 5.74) is 7.67. The lowest BCUT2D eigenvalue weighted by molar-refractivity contribution is 0.939. The van der Waals surface area contributed by atoms with Crippen molar-refractivity contribution in [2.24, 2.45) is 0 Å². The maximum absolute atomic E-state index is 3.86. The third-order valence-electron chi connectivity index (χ3n) is 4.24. The van der Waals surface area contributed by atoms with Crippen LogP contribution in [-0.2, 0) is 0 Å². The summed E-state index contributed by atoms with van der Waals surface area (Å²) in [5, 5.41) is 0. The van der Waals surface area contributed by atoms with E-state index < -0.39 is 0 Å². The molecule has 2 atom stereocenters. The first kappa shape index (κ1) is 14.2. The van der Waals surface area contributed by atoms with E-state index in [0.717, 1.165) is 0 Å². The van der Waals surface area contributed by atoms with E-state index >= 15 is 0 Å². The topological polar surface area (TPSA) is 0 Å². The first-order chi connectivity index (χ1) is 10.7. The van der Waals surface area contributed by atoms with Crippen LogP contribution in [0.3, 0.4) is 0 Å². The van der Waals surface area contributed by atoms with Crippen molar-refractivity contribution in [1.82, 2.24) is 0 Å². The monoisotopic (exact) mass is 412 g/mol. The highest BCUT2D eigenvalue weighted by atomic mass is 79.9. The summed E-state index contributed by atoms with van der Waals surface area (Å²) in [7, 11) is 0. The molecule has 0 saturated carbocycles. The summed E-state index contributed by atoms with van der Waals surface area (Å²) >= 11 is 7.71. The van der Waals surface area contributed by atoms with Gasteiger partial charge in [0, 0.05) is 0 Å². The van der Waals surface area contributed by atoms with Gasteiger partial charge in [-0.1, -0.05) is 98.6 Å². The van der Waals surface area contributed by atoms with Crippen LogP contribution in [0.25, 0.3) is 22.3 Å². The number of halogens is 2. The summed E-state index contributed by atoms with van der Waals surface area (Å²) in [6.45, 7) is 0. The fourth-order valence-corrected chi connectivity index (χ4v) is 4.25. The fraction of sp³-hybridized carbons (Fsp3) is 0.100. The van der Waals surface area contributed by atoms with Gasteiger partial charge in [0.05, 0.1) is 9.65 Å². The van der Waals surface area contributed by atoms with Crippen LogP contribution < -0.4 is 0 Å². The molecule has 0 amide bonds. The van der Waals surface area contributed by atoms with Crippen molar-refractivity contribution in [3.05, 3.63) is 83.9 Å². The molecule has 0 saturated heterocycles. The van der Waals surface area contributed by atoms with Crippen LogP contribution in [0.4, 0.5) is 0 Å². The molecule has 108 valence electrons. The molecule has 0 aromatic heterocycles. The largest absolute Gasteiger partial charge is 0.0823 e. The summed E-state index contributed by atoms with van der Waals surface area (Å²) in [6.07, 6.45) is 0. The van der Waals surface area contributed by atoms with Crippen molar-refractivity contribution in [1.29, 1.82) is 0 Å². The third-order valence-corrected chi connectivity index (χ3v) is 7.06. The Morgan fingerprint density at radius 2 is 1.18 bits per heavy atom. The molecule has 3 aromatic rings. The Morgan fingerprint density at radius 3 is 1.91 bits per heavy atom. The van der Waals surface area contributed by atoms with E-state index in [-0.39, 0.29) is 9.65 Å². The normalized spacial score (nSPS) is 19.4. The summed E-state index contributed by atoms with van der Waals surface area (Å²) in [4.78, 5) is 0.488. The lowest BCUT2D eigenvalue weighted by Gasteiger charge is -2.18. The predicted octanol–water partition coefficient (Wildman–Crippen LogP) is 6.91. The number of hydrogen-bond donors (Lipinski definition) is 0. The van der Waals surface area contributed by atoms with Gasteiger partial charge in [-0.3, -0.25) is 0 Å². The van der Waals surface area contributed by atoms with Crippen molar-refractivity contribution in [2.75, 3.05) is 0 Å². The van der Waals surface area contributed by atoms with Gasteiger partial charge in [-0.2, -0.15) is 0 Å². The maximum atomic E-state index is 3.86. The third kappa shape index (κ3) is 2.35. The van der Waals surface area contributed by atoms with Crippen molar-refractivity contribution in [3.8, 4) is 22.3 Å². The maximum Gasteiger partial charge on any atom is 0.0561 e. The van der Waals surface area contributed by atoms with E-state index in [0.29, 0.717) is 0 Å². The highest BCUT2D eigenvalue weighted by Crippen LogP contribution is 2.45. The number of fused-ring (bicyclic) bond motifs is 3. The van der Waals surface area contributed by atoms with E-state index in [1.165, 1.54) is 33.4 Å². The van der Waals surface area contributed by atoms with Crippen LogP contribution in [0.15, 0.2) is 72.8 Å². The minimum absolute atomic E-state index is 0.239. The standard InChI is InChI=1S/C20H14Br2/c21-19-14-10-8-13(9-11-14)17-6-1-2-7-18(17)15-4-3-5-16(12-15)20(19)22/h1-12,19-20H/t19-,20-/m0/s1. The molecular formula is C20H14Br2. The van der Waals surface area contributed by atoms with Gasteiger partial charge < -0.3 is 0 Å². The molecule has 0 radical (unpaired) electrons. The molecule has 0 nitrogen and oxygen atoms in total. The minimum atomic E-state index is 0.239. The SMILES string of the molecule is Br[C@H]1c2ccc(cc2)-c2ccccc2-c2cccc(c2)[C@@H]1Br. The van der Waals surface area contributed by atoms with Gasteiger partial charge in [-0.05, 0) is 39.4 Å². The molecule has 0 spiro atoms. The van der Waals surface area contributed by atoms with E-state index in [1.54, 1.807) is 0 Å². The van der Waals surface area contributed by atoms with Crippen molar-refractivity contribution in [3.63, 3.8) is 0 Å². The molecule has 0 N–H and O–H groups in total. The Balaban J connectivity index is 2.06. The number of alkyl halides is 2. The molecule has 0 heterocycles. The highest BCUT2D eigenvalue weighted by Gasteiger charge is 2.21. The smallest absolute Gasteiger partial charge is 0.0561 e. The molecule has 2 aliphatic carbocycles. The van der Waals surface area contributed by atoms with E-state index in [9.17, 15) is 0 Å². The number of benzene rings is 3. The van der Waals surface area contributed by atoms with E-state index in [1.807, 2.05) is 0 Å². The first-order valence-electron chi connectivity index (χ1n) is 7.32. The van der Waals surface area contributed by atoms with Gasteiger partial charge in [0.25, 0.3) is 0 Å². The van der Waals surface area contributed by atoms with Gasteiger partial charge >= 0.3 is 0 Å². The average molecular weight is 414 g/mol. The molecule has 3 aromatic carbocycles. The molecular weight excluding hydrogens is 400 g/mol. The van der Waals surface area contributed by atoms with Crippen molar-refractivity contribution < 1.29 is 0 Å². The van der Waals surface area contributed by atoms with Crippen LogP contribution >= 0.6 is 31.9 Å². The molecule has 5 rings (SSSR count). The Labute approximate surface area is 147 Å². The van der Waals surface area contributed by atoms with Gasteiger partial charge in [-0.25, -0.2) is 0 Å². The van der Waals surface area contributed by atoms with Gasteiger partial charge in [-0.15, -0.1) is 0 Å². The van der Waals surface area contributed by atoms with Crippen LogP contribution in [0.2, 0.25) is 0 Å². The van der Waals surface area contributed by atoms with Gasteiger partial charge in [0.15, 0.2) is 0 Å². The molecule has 0 fully saturated rings. The fourth-order valence-electron chi connectivity index (χ4n) is 3.05. The Hall–Kier alpha value is -1.38. The molecule has 0 aliphatic heterocycles. The predicted molar refractivity (Wildman–Crippen MR) is 101 cm³/mol. The second-order valence-electron chi connectivity index (χ2n) is 5.60. The van der Waals surface area contributed by atoms with Crippen LogP contribution in [0.1, 0.15) is 20.8 Å². The number of rotatable bonds is 0. The first-order valence-corrected chi connectivity index (χ1v) is 9.15. The Bertz CT molecular complexity index is 821.